The molecule has 2 N–H and O–H groups in total. The van der Waals surface area contributed by atoms with Crippen LogP contribution < -0.4 is 5.32 Å². The second-order valence-corrected chi connectivity index (χ2v) is 2.88. The molecule has 0 aromatic rings. The summed E-state index contributed by atoms with van der Waals surface area (Å²) >= 11 is 0. The molecule has 1 atom stereocenters. The van der Waals surface area contributed by atoms with E-state index in [-0.39, 0.29) is 19.7 Å². The molecule has 86 valence electrons. The average molecular weight is 215 g/mol. The smallest absolute Gasteiger partial charge is 0.389 e. The second-order valence-electron chi connectivity index (χ2n) is 2.88. The predicted octanol–water partition coefficient (Wildman–Crippen LogP) is 0.926. The normalized spacial score (nSPS) is 14.4. The summed E-state index contributed by atoms with van der Waals surface area (Å²) in [5.41, 5.74) is 0. The van der Waals surface area contributed by atoms with Crippen LogP contribution >= 0.6 is 0 Å². The molecule has 0 radical (unpaired) electrons. The monoisotopic (exact) mass is 215 g/mol. The van der Waals surface area contributed by atoms with Crippen LogP contribution in [0.5, 0.6) is 0 Å². The molecule has 0 spiro atoms. The Bertz CT molecular complexity index is 141. The number of aliphatic hydroxyl groups excluding tert-OH is 1. The van der Waals surface area contributed by atoms with Gasteiger partial charge < -0.3 is 15.2 Å². The Morgan fingerprint density at radius 2 is 2.07 bits per heavy atom. The standard InChI is InChI=1S/C8H16F3NO2/c1-2-14-6-7(13)5-12-4-3-8(9,10)11/h7,12-13H,2-6H2,1H3. The maximum atomic E-state index is 11.7. The molecule has 0 heterocycles. The summed E-state index contributed by atoms with van der Waals surface area (Å²) in [5, 5.41) is 11.6. The number of ether oxygens (including phenoxy) is 1. The summed E-state index contributed by atoms with van der Waals surface area (Å²) in [6, 6.07) is 0. The van der Waals surface area contributed by atoms with E-state index < -0.39 is 18.7 Å². The highest BCUT2D eigenvalue weighted by atomic mass is 19.4. The number of hydrogen-bond donors (Lipinski definition) is 2. The van der Waals surface area contributed by atoms with Crippen molar-refractivity contribution in [1.82, 2.24) is 5.32 Å². The van der Waals surface area contributed by atoms with Gasteiger partial charge in [-0.25, -0.2) is 0 Å². The van der Waals surface area contributed by atoms with Gasteiger partial charge in [-0.15, -0.1) is 0 Å². The fourth-order valence-electron chi connectivity index (χ4n) is 0.812. The Morgan fingerprint density at radius 3 is 2.57 bits per heavy atom. The summed E-state index contributed by atoms with van der Waals surface area (Å²) in [5.74, 6) is 0. The summed E-state index contributed by atoms with van der Waals surface area (Å²) in [6.07, 6.45) is -5.77. The van der Waals surface area contributed by atoms with E-state index in [1.54, 1.807) is 6.92 Å². The number of hydrogen-bond acceptors (Lipinski definition) is 3. The lowest BCUT2D eigenvalue weighted by Crippen LogP contribution is -2.32. The minimum atomic E-state index is -4.14. The number of alkyl halides is 3. The fraction of sp³-hybridized carbons (Fsp3) is 1.00. The molecule has 0 aromatic heterocycles. The lowest BCUT2D eigenvalue weighted by atomic mass is 10.3. The van der Waals surface area contributed by atoms with Gasteiger partial charge in [0.05, 0.1) is 19.1 Å². The molecule has 0 rings (SSSR count). The first-order valence-electron chi connectivity index (χ1n) is 4.49. The van der Waals surface area contributed by atoms with Crippen molar-refractivity contribution in [3.63, 3.8) is 0 Å². The third-order valence-electron chi connectivity index (χ3n) is 1.48. The maximum Gasteiger partial charge on any atom is 0.390 e. The third-order valence-corrected chi connectivity index (χ3v) is 1.48. The van der Waals surface area contributed by atoms with Gasteiger partial charge in [0.1, 0.15) is 0 Å². The van der Waals surface area contributed by atoms with Crippen molar-refractivity contribution < 1.29 is 23.0 Å². The van der Waals surface area contributed by atoms with E-state index in [1.807, 2.05) is 0 Å². The number of halogens is 3. The van der Waals surface area contributed by atoms with Crippen LogP contribution in [0.15, 0.2) is 0 Å². The molecule has 0 saturated carbocycles. The van der Waals surface area contributed by atoms with Gasteiger partial charge in [0.2, 0.25) is 0 Å². The highest BCUT2D eigenvalue weighted by Gasteiger charge is 2.25. The lowest BCUT2D eigenvalue weighted by molar-refractivity contribution is -0.133. The van der Waals surface area contributed by atoms with E-state index in [0.29, 0.717) is 6.61 Å². The molecule has 6 heteroatoms. The zero-order chi connectivity index (χ0) is 11.0. The molecule has 1 unspecified atom stereocenters. The Morgan fingerprint density at radius 1 is 1.43 bits per heavy atom. The molecule has 0 aromatic carbocycles. The predicted molar refractivity (Wildman–Crippen MR) is 46.0 cm³/mol. The summed E-state index contributed by atoms with van der Waals surface area (Å²) in [4.78, 5) is 0. The van der Waals surface area contributed by atoms with Crippen LogP contribution in [0.1, 0.15) is 13.3 Å². The van der Waals surface area contributed by atoms with Crippen molar-refractivity contribution in [1.29, 1.82) is 0 Å². The van der Waals surface area contributed by atoms with E-state index in [0.717, 1.165) is 0 Å². The Labute approximate surface area is 81.2 Å². The van der Waals surface area contributed by atoms with Crippen molar-refractivity contribution in [2.75, 3.05) is 26.3 Å². The van der Waals surface area contributed by atoms with Gasteiger partial charge in [-0.1, -0.05) is 0 Å². The first-order chi connectivity index (χ1) is 6.45. The molecule has 0 bridgehead atoms. The molecule has 3 nitrogen and oxygen atoms in total. The summed E-state index contributed by atoms with van der Waals surface area (Å²) in [6.45, 7) is 2.36. The Hall–Kier alpha value is -0.330. The van der Waals surface area contributed by atoms with Gasteiger partial charge >= 0.3 is 6.18 Å². The lowest BCUT2D eigenvalue weighted by Gasteiger charge is -2.12. The zero-order valence-corrected chi connectivity index (χ0v) is 8.10. The van der Waals surface area contributed by atoms with Crippen LogP contribution in [0.2, 0.25) is 0 Å². The van der Waals surface area contributed by atoms with E-state index >= 15 is 0 Å². The molecule has 0 amide bonds. The number of rotatable bonds is 7. The molecule has 0 aliphatic rings. The maximum absolute atomic E-state index is 11.7. The largest absolute Gasteiger partial charge is 0.390 e. The Kier molecular flexibility index (Phi) is 6.86. The minimum Gasteiger partial charge on any atom is -0.389 e. The summed E-state index contributed by atoms with van der Waals surface area (Å²) < 4.78 is 39.8. The van der Waals surface area contributed by atoms with Crippen molar-refractivity contribution in [3.8, 4) is 0 Å². The van der Waals surface area contributed by atoms with Gasteiger partial charge in [0, 0.05) is 19.7 Å². The molecule has 0 aliphatic heterocycles. The molecular formula is C8H16F3NO2. The van der Waals surface area contributed by atoms with Gasteiger partial charge in [-0.2, -0.15) is 13.2 Å². The highest BCUT2D eigenvalue weighted by Crippen LogP contribution is 2.17. The SMILES string of the molecule is CCOCC(O)CNCCC(F)(F)F. The zero-order valence-electron chi connectivity index (χ0n) is 8.10. The average Bonchev–Trinajstić information content (AvgIpc) is 2.07. The first kappa shape index (κ1) is 13.7. The van der Waals surface area contributed by atoms with Gasteiger partial charge in [0.15, 0.2) is 0 Å². The topological polar surface area (TPSA) is 41.5 Å². The first-order valence-corrected chi connectivity index (χ1v) is 4.49. The van der Waals surface area contributed by atoms with Crippen LogP contribution in [0, 0.1) is 0 Å². The van der Waals surface area contributed by atoms with E-state index in [1.165, 1.54) is 0 Å². The van der Waals surface area contributed by atoms with Crippen LogP contribution in [-0.4, -0.2) is 43.7 Å². The number of nitrogens with one attached hydrogen (secondary N) is 1. The molecule has 14 heavy (non-hydrogen) atoms. The van der Waals surface area contributed by atoms with Crippen molar-refractivity contribution in [2.45, 2.75) is 25.6 Å². The third kappa shape index (κ3) is 9.76. The van der Waals surface area contributed by atoms with Crippen LogP contribution in [-0.2, 0) is 4.74 Å². The second kappa shape index (κ2) is 7.03. The van der Waals surface area contributed by atoms with Gasteiger partial charge in [-0.3, -0.25) is 0 Å². The van der Waals surface area contributed by atoms with Crippen molar-refractivity contribution in [2.24, 2.45) is 0 Å². The molecule has 0 aliphatic carbocycles. The molecule has 0 fully saturated rings. The quantitative estimate of drug-likeness (QED) is 0.621. The number of aliphatic hydroxyl groups is 1. The van der Waals surface area contributed by atoms with Crippen LogP contribution in [0.25, 0.3) is 0 Å². The van der Waals surface area contributed by atoms with Crippen molar-refractivity contribution in [3.05, 3.63) is 0 Å². The highest BCUT2D eigenvalue weighted by molar-refractivity contribution is 4.60. The molecule has 0 saturated heterocycles. The van der Waals surface area contributed by atoms with E-state index in [2.05, 4.69) is 5.32 Å². The van der Waals surface area contributed by atoms with Gasteiger partial charge in [-0.05, 0) is 6.92 Å². The van der Waals surface area contributed by atoms with Crippen LogP contribution in [0.3, 0.4) is 0 Å². The summed E-state index contributed by atoms with van der Waals surface area (Å²) in [7, 11) is 0. The van der Waals surface area contributed by atoms with Gasteiger partial charge in [0.25, 0.3) is 0 Å². The molecular weight excluding hydrogens is 199 g/mol. The van der Waals surface area contributed by atoms with E-state index in [9.17, 15) is 13.2 Å². The minimum absolute atomic E-state index is 0.121. The Balaban J connectivity index is 3.27. The fourth-order valence-corrected chi connectivity index (χ4v) is 0.812. The van der Waals surface area contributed by atoms with E-state index in [4.69, 9.17) is 9.84 Å². The van der Waals surface area contributed by atoms with Crippen LogP contribution in [0.4, 0.5) is 13.2 Å². The van der Waals surface area contributed by atoms with Crippen molar-refractivity contribution >= 4 is 0 Å².